The van der Waals surface area contributed by atoms with Crippen molar-refractivity contribution in [2.45, 2.75) is 6.54 Å². The quantitative estimate of drug-likeness (QED) is 0.555. The van der Waals surface area contributed by atoms with Gasteiger partial charge in [0.2, 0.25) is 10.0 Å². The number of carbonyl (C=O) groups excluding carboxylic acids is 1. The summed E-state index contributed by atoms with van der Waals surface area (Å²) >= 11 is 3.37. The number of carbonyl (C=O) groups is 1. The van der Waals surface area contributed by atoms with Crippen LogP contribution in [0.3, 0.4) is 0 Å². The summed E-state index contributed by atoms with van der Waals surface area (Å²) in [4.78, 5) is 12.5. The number of nitrogens with one attached hydrogen (secondary N) is 1. The lowest BCUT2D eigenvalue weighted by molar-refractivity contribution is 0.102. The summed E-state index contributed by atoms with van der Waals surface area (Å²) in [5.41, 5.74) is 2.08. The van der Waals surface area contributed by atoms with Gasteiger partial charge in [0.15, 0.2) is 0 Å². The van der Waals surface area contributed by atoms with Crippen LogP contribution >= 0.6 is 15.9 Å². The maximum absolute atomic E-state index is 13.1. The fraction of sp³-hybridized carbons (Fsp3) is 0.0952. The number of anilines is 2. The van der Waals surface area contributed by atoms with E-state index in [0.717, 1.165) is 10.7 Å². The molecule has 1 N–H and O–H groups in total. The summed E-state index contributed by atoms with van der Waals surface area (Å²) in [7, 11) is -3.58. The van der Waals surface area contributed by atoms with Gasteiger partial charge in [0, 0.05) is 10.0 Å². The van der Waals surface area contributed by atoms with E-state index in [0.29, 0.717) is 22.5 Å². The molecule has 3 aromatic carbocycles. The van der Waals surface area contributed by atoms with E-state index < -0.39 is 10.0 Å². The molecule has 0 bridgehead atoms. The van der Waals surface area contributed by atoms with Gasteiger partial charge in [0.05, 0.1) is 24.2 Å². The van der Waals surface area contributed by atoms with Gasteiger partial charge in [-0.25, -0.2) is 12.8 Å². The average molecular weight is 477 g/mol. The van der Waals surface area contributed by atoms with Crippen molar-refractivity contribution in [3.05, 3.63) is 94.2 Å². The molecule has 0 unspecified atom stereocenters. The Labute approximate surface area is 177 Å². The third-order valence-corrected chi connectivity index (χ3v) is 6.01. The summed E-state index contributed by atoms with van der Waals surface area (Å²) in [6, 6.07) is 19.1. The molecule has 8 heteroatoms. The van der Waals surface area contributed by atoms with E-state index in [9.17, 15) is 17.6 Å². The molecule has 0 radical (unpaired) electrons. The minimum atomic E-state index is -3.58. The Balaban J connectivity index is 1.81. The Morgan fingerprint density at radius 1 is 1.00 bits per heavy atom. The third-order valence-electron chi connectivity index (χ3n) is 4.18. The zero-order valence-corrected chi connectivity index (χ0v) is 17.9. The van der Waals surface area contributed by atoms with Crippen LogP contribution in [0.2, 0.25) is 0 Å². The van der Waals surface area contributed by atoms with Crippen LogP contribution in [-0.2, 0) is 16.6 Å². The standard InChI is InChI=1S/C21H18BrFN2O3S/c1-29(27,28)25(14-15-6-10-17(23)11-7-15)18-12-8-16(9-13-18)21(26)24-20-5-3-2-4-19(20)22/h2-13H,14H2,1H3,(H,24,26). The van der Waals surface area contributed by atoms with Crippen molar-refractivity contribution in [1.29, 1.82) is 0 Å². The van der Waals surface area contributed by atoms with Crippen molar-refractivity contribution in [2.75, 3.05) is 15.9 Å². The Kier molecular flexibility index (Phi) is 6.34. The molecular formula is C21H18BrFN2O3S. The SMILES string of the molecule is CS(=O)(=O)N(Cc1ccc(F)cc1)c1ccc(C(=O)Nc2ccccc2Br)cc1. The second-order valence-electron chi connectivity index (χ2n) is 6.38. The summed E-state index contributed by atoms with van der Waals surface area (Å²) in [6.07, 6.45) is 1.10. The number of sulfonamides is 1. The van der Waals surface area contributed by atoms with Crippen molar-refractivity contribution in [2.24, 2.45) is 0 Å². The highest BCUT2D eigenvalue weighted by atomic mass is 79.9. The summed E-state index contributed by atoms with van der Waals surface area (Å²) in [5.74, 6) is -0.701. The molecule has 29 heavy (non-hydrogen) atoms. The smallest absolute Gasteiger partial charge is 0.255 e. The highest BCUT2D eigenvalue weighted by Gasteiger charge is 2.18. The largest absolute Gasteiger partial charge is 0.321 e. The van der Waals surface area contributed by atoms with Crippen LogP contribution < -0.4 is 9.62 Å². The molecule has 0 aliphatic rings. The molecular weight excluding hydrogens is 459 g/mol. The molecule has 0 fully saturated rings. The van der Waals surface area contributed by atoms with E-state index in [-0.39, 0.29) is 18.3 Å². The van der Waals surface area contributed by atoms with Gasteiger partial charge in [-0.2, -0.15) is 0 Å². The van der Waals surface area contributed by atoms with Gasteiger partial charge in [-0.15, -0.1) is 0 Å². The molecule has 0 aromatic heterocycles. The van der Waals surface area contributed by atoms with Crippen LogP contribution in [0.4, 0.5) is 15.8 Å². The number of rotatable bonds is 6. The van der Waals surface area contributed by atoms with Gasteiger partial charge in [-0.3, -0.25) is 9.10 Å². The lowest BCUT2D eigenvalue weighted by Gasteiger charge is -2.22. The monoisotopic (exact) mass is 476 g/mol. The van der Waals surface area contributed by atoms with Crippen molar-refractivity contribution >= 4 is 43.2 Å². The molecule has 0 atom stereocenters. The number of amides is 1. The van der Waals surface area contributed by atoms with E-state index in [1.807, 2.05) is 18.2 Å². The molecule has 1 amide bonds. The first-order valence-corrected chi connectivity index (χ1v) is 11.3. The molecule has 3 aromatic rings. The summed E-state index contributed by atoms with van der Waals surface area (Å²) < 4.78 is 39.6. The minimum Gasteiger partial charge on any atom is -0.321 e. The zero-order valence-electron chi connectivity index (χ0n) is 15.5. The molecule has 0 heterocycles. The van der Waals surface area contributed by atoms with E-state index >= 15 is 0 Å². The van der Waals surface area contributed by atoms with Gasteiger partial charge in [-0.05, 0) is 70.0 Å². The van der Waals surface area contributed by atoms with Crippen molar-refractivity contribution < 1.29 is 17.6 Å². The molecule has 0 saturated heterocycles. The number of para-hydroxylation sites is 1. The maximum atomic E-state index is 13.1. The topological polar surface area (TPSA) is 66.5 Å². The van der Waals surface area contributed by atoms with Crippen LogP contribution in [0.15, 0.2) is 77.3 Å². The van der Waals surface area contributed by atoms with Gasteiger partial charge in [0.1, 0.15) is 5.82 Å². The number of nitrogens with zero attached hydrogens (tertiary/aromatic N) is 1. The number of hydrogen-bond donors (Lipinski definition) is 1. The van der Waals surface area contributed by atoms with Crippen molar-refractivity contribution in [3.63, 3.8) is 0 Å². The van der Waals surface area contributed by atoms with Crippen LogP contribution in [0, 0.1) is 5.82 Å². The fourth-order valence-corrected chi connectivity index (χ4v) is 3.96. The van der Waals surface area contributed by atoms with Gasteiger partial charge in [0.25, 0.3) is 5.91 Å². The first-order valence-electron chi connectivity index (χ1n) is 8.62. The van der Waals surface area contributed by atoms with Crippen LogP contribution in [0.5, 0.6) is 0 Å². The van der Waals surface area contributed by atoms with E-state index in [1.54, 1.807) is 30.3 Å². The summed E-state index contributed by atoms with van der Waals surface area (Å²) in [6.45, 7) is 0.0572. The predicted octanol–water partition coefficient (Wildman–Crippen LogP) is 4.81. The molecule has 0 spiro atoms. The molecule has 3 rings (SSSR count). The van der Waals surface area contributed by atoms with Crippen LogP contribution in [0.25, 0.3) is 0 Å². The zero-order chi connectivity index (χ0) is 21.0. The Bertz CT molecular complexity index is 1120. The summed E-state index contributed by atoms with van der Waals surface area (Å²) in [5, 5.41) is 2.80. The average Bonchev–Trinajstić information content (AvgIpc) is 2.68. The first-order chi connectivity index (χ1) is 13.7. The maximum Gasteiger partial charge on any atom is 0.255 e. The van der Waals surface area contributed by atoms with E-state index in [2.05, 4.69) is 21.2 Å². The Hall–Kier alpha value is -2.71. The molecule has 0 aliphatic carbocycles. The highest BCUT2D eigenvalue weighted by molar-refractivity contribution is 9.10. The van der Waals surface area contributed by atoms with Gasteiger partial charge in [-0.1, -0.05) is 24.3 Å². The normalized spacial score (nSPS) is 11.1. The third kappa shape index (κ3) is 5.42. The van der Waals surface area contributed by atoms with Gasteiger partial charge >= 0.3 is 0 Å². The minimum absolute atomic E-state index is 0.0572. The lowest BCUT2D eigenvalue weighted by atomic mass is 10.1. The van der Waals surface area contributed by atoms with E-state index in [4.69, 9.17) is 0 Å². The van der Waals surface area contributed by atoms with Crippen LogP contribution in [0.1, 0.15) is 15.9 Å². The number of benzene rings is 3. The first kappa shape index (κ1) is 21.0. The lowest BCUT2D eigenvalue weighted by Crippen LogP contribution is -2.29. The van der Waals surface area contributed by atoms with Crippen molar-refractivity contribution in [3.8, 4) is 0 Å². The van der Waals surface area contributed by atoms with Crippen molar-refractivity contribution in [1.82, 2.24) is 0 Å². The second-order valence-corrected chi connectivity index (χ2v) is 9.14. The molecule has 5 nitrogen and oxygen atoms in total. The van der Waals surface area contributed by atoms with Crippen LogP contribution in [-0.4, -0.2) is 20.6 Å². The van der Waals surface area contributed by atoms with Gasteiger partial charge < -0.3 is 5.32 Å². The fourth-order valence-electron chi connectivity index (χ4n) is 2.69. The Morgan fingerprint density at radius 3 is 2.21 bits per heavy atom. The molecule has 0 aliphatic heterocycles. The Morgan fingerprint density at radius 2 is 1.62 bits per heavy atom. The molecule has 150 valence electrons. The predicted molar refractivity (Wildman–Crippen MR) is 116 cm³/mol. The number of halogens is 2. The van der Waals surface area contributed by atoms with E-state index in [1.165, 1.54) is 28.6 Å². The highest BCUT2D eigenvalue weighted by Crippen LogP contribution is 2.24. The molecule has 0 saturated carbocycles. The number of hydrogen-bond acceptors (Lipinski definition) is 3. The second kappa shape index (κ2) is 8.75.